The molecule has 4 fully saturated rings. The maximum atomic E-state index is 12.0. The summed E-state index contributed by atoms with van der Waals surface area (Å²) in [5, 5.41) is 3.39. The number of nitrogens with zero attached hydrogens (tertiary/aromatic N) is 1. The van der Waals surface area contributed by atoms with Gasteiger partial charge in [0.25, 0.3) is 0 Å². The monoisotopic (exact) mass is 194 g/mol. The van der Waals surface area contributed by atoms with Crippen LogP contribution < -0.4 is 5.32 Å². The van der Waals surface area contributed by atoms with Gasteiger partial charge < -0.3 is 10.2 Å². The van der Waals surface area contributed by atoms with Gasteiger partial charge >= 0.3 is 0 Å². The smallest absolute Gasteiger partial charge is 0.226 e. The summed E-state index contributed by atoms with van der Waals surface area (Å²) in [5.74, 6) is 1.68. The van der Waals surface area contributed by atoms with Crippen LogP contribution in [-0.2, 0) is 4.79 Å². The predicted octanol–water partition coefficient (Wildman–Crippen LogP) is 0.607. The van der Waals surface area contributed by atoms with Gasteiger partial charge in [-0.2, -0.15) is 0 Å². The van der Waals surface area contributed by atoms with Crippen molar-refractivity contribution in [1.82, 2.24) is 10.2 Å². The van der Waals surface area contributed by atoms with Gasteiger partial charge in [0.1, 0.15) is 0 Å². The highest BCUT2D eigenvalue weighted by Gasteiger charge is 2.45. The minimum atomic E-state index is 0.399. The van der Waals surface area contributed by atoms with Gasteiger partial charge in [0.05, 0.1) is 0 Å². The molecule has 1 atom stereocenters. The quantitative estimate of drug-likeness (QED) is 0.663. The number of carbonyl (C=O) groups excluding carboxylic acids is 1. The summed E-state index contributed by atoms with van der Waals surface area (Å²) in [6.45, 7) is 3.19. The second kappa shape index (κ2) is 3.23. The highest BCUT2D eigenvalue weighted by Crippen LogP contribution is 2.41. The van der Waals surface area contributed by atoms with E-state index in [2.05, 4.69) is 10.2 Å². The summed E-state index contributed by atoms with van der Waals surface area (Å²) in [6, 6.07) is 0.502. The molecule has 2 bridgehead atoms. The van der Waals surface area contributed by atoms with Crippen molar-refractivity contribution >= 4 is 5.91 Å². The Morgan fingerprint density at radius 1 is 1.36 bits per heavy atom. The molecule has 3 saturated heterocycles. The molecule has 1 N–H and O–H groups in total. The Morgan fingerprint density at radius 2 is 2.21 bits per heavy atom. The zero-order valence-electron chi connectivity index (χ0n) is 8.54. The van der Waals surface area contributed by atoms with Crippen LogP contribution in [0.15, 0.2) is 0 Å². The predicted molar refractivity (Wildman–Crippen MR) is 53.8 cm³/mol. The SMILES string of the molecule is O=C1C2CC(C2)CN1C1CCCNC1. The first-order valence-electron chi connectivity index (χ1n) is 5.86. The first-order chi connectivity index (χ1) is 6.84. The molecule has 0 radical (unpaired) electrons. The fraction of sp³-hybridized carbons (Fsp3) is 0.909. The zero-order chi connectivity index (χ0) is 9.54. The summed E-state index contributed by atoms with van der Waals surface area (Å²) >= 11 is 0. The second-order valence-electron chi connectivity index (χ2n) is 5.03. The number of piperidine rings is 3. The molecule has 0 aromatic rings. The number of rotatable bonds is 1. The number of nitrogens with one attached hydrogen (secondary N) is 1. The van der Waals surface area contributed by atoms with E-state index in [0.717, 1.165) is 25.6 Å². The summed E-state index contributed by atoms with van der Waals surface area (Å²) < 4.78 is 0. The third-order valence-electron chi connectivity index (χ3n) is 4.03. The van der Waals surface area contributed by atoms with Crippen molar-refractivity contribution in [1.29, 1.82) is 0 Å². The zero-order valence-corrected chi connectivity index (χ0v) is 8.54. The van der Waals surface area contributed by atoms with Crippen molar-refractivity contribution in [3.8, 4) is 0 Å². The number of carbonyl (C=O) groups is 1. The van der Waals surface area contributed by atoms with Crippen LogP contribution in [0, 0.1) is 11.8 Å². The molecule has 14 heavy (non-hydrogen) atoms. The molecule has 1 aliphatic carbocycles. The number of amides is 1. The minimum absolute atomic E-state index is 0.399. The maximum absolute atomic E-state index is 12.0. The number of hydrogen-bond donors (Lipinski definition) is 1. The van der Waals surface area contributed by atoms with Gasteiger partial charge in [0, 0.05) is 25.0 Å². The average molecular weight is 194 g/mol. The van der Waals surface area contributed by atoms with Gasteiger partial charge in [-0.1, -0.05) is 0 Å². The van der Waals surface area contributed by atoms with Crippen molar-refractivity contribution in [2.24, 2.45) is 11.8 Å². The van der Waals surface area contributed by atoms with Crippen LogP contribution in [-0.4, -0.2) is 36.5 Å². The maximum Gasteiger partial charge on any atom is 0.226 e. The summed E-state index contributed by atoms with van der Waals surface area (Å²) in [5.41, 5.74) is 0. The van der Waals surface area contributed by atoms with Gasteiger partial charge in [0.15, 0.2) is 0 Å². The Morgan fingerprint density at radius 3 is 2.86 bits per heavy atom. The third-order valence-corrected chi connectivity index (χ3v) is 4.03. The number of fused-ring (bicyclic) bond motifs is 2. The Bertz CT molecular complexity index is 242. The molecular weight excluding hydrogens is 176 g/mol. The molecule has 78 valence electrons. The van der Waals surface area contributed by atoms with Gasteiger partial charge in [-0.15, -0.1) is 0 Å². The Kier molecular flexibility index (Phi) is 2.01. The van der Waals surface area contributed by atoms with Crippen LogP contribution in [0.1, 0.15) is 25.7 Å². The van der Waals surface area contributed by atoms with E-state index in [1.807, 2.05) is 0 Å². The lowest BCUT2D eigenvalue weighted by atomic mass is 9.70. The van der Waals surface area contributed by atoms with E-state index >= 15 is 0 Å². The third kappa shape index (κ3) is 1.26. The van der Waals surface area contributed by atoms with Crippen LogP contribution in [0.4, 0.5) is 0 Å². The van der Waals surface area contributed by atoms with Crippen molar-refractivity contribution in [3.63, 3.8) is 0 Å². The van der Waals surface area contributed by atoms with E-state index in [0.29, 0.717) is 17.9 Å². The van der Waals surface area contributed by atoms with Crippen LogP contribution >= 0.6 is 0 Å². The molecule has 0 spiro atoms. The first-order valence-corrected chi connectivity index (χ1v) is 5.86. The van der Waals surface area contributed by atoms with Gasteiger partial charge in [-0.3, -0.25) is 4.79 Å². The topological polar surface area (TPSA) is 32.3 Å². The molecule has 3 heteroatoms. The Labute approximate surface area is 84.8 Å². The van der Waals surface area contributed by atoms with E-state index in [4.69, 9.17) is 0 Å². The summed E-state index contributed by atoms with van der Waals surface area (Å²) in [7, 11) is 0. The lowest BCUT2D eigenvalue weighted by molar-refractivity contribution is -0.152. The molecule has 0 aromatic carbocycles. The second-order valence-corrected chi connectivity index (χ2v) is 5.03. The normalized spacial score (nSPS) is 42.1. The molecule has 0 aromatic heterocycles. The summed E-state index contributed by atoms with van der Waals surface area (Å²) in [4.78, 5) is 14.1. The van der Waals surface area contributed by atoms with Crippen LogP contribution in [0.2, 0.25) is 0 Å². The van der Waals surface area contributed by atoms with E-state index in [9.17, 15) is 4.79 Å². The van der Waals surface area contributed by atoms with Crippen molar-refractivity contribution < 1.29 is 4.79 Å². The molecule has 1 saturated carbocycles. The van der Waals surface area contributed by atoms with Crippen LogP contribution in [0.25, 0.3) is 0 Å². The van der Waals surface area contributed by atoms with Gasteiger partial charge in [-0.05, 0) is 38.1 Å². The molecule has 4 aliphatic rings. The Balaban J connectivity index is 1.68. The van der Waals surface area contributed by atoms with E-state index in [1.54, 1.807) is 0 Å². The molecular formula is C11H18N2O. The molecule has 1 unspecified atom stereocenters. The first kappa shape index (κ1) is 8.72. The van der Waals surface area contributed by atoms with E-state index in [-0.39, 0.29) is 0 Å². The summed E-state index contributed by atoms with van der Waals surface area (Å²) in [6.07, 6.45) is 4.78. The van der Waals surface area contributed by atoms with Crippen molar-refractivity contribution in [3.05, 3.63) is 0 Å². The fourth-order valence-corrected chi connectivity index (χ4v) is 3.12. The minimum Gasteiger partial charge on any atom is -0.338 e. The van der Waals surface area contributed by atoms with E-state index in [1.165, 1.54) is 25.7 Å². The van der Waals surface area contributed by atoms with Crippen molar-refractivity contribution in [2.45, 2.75) is 31.7 Å². The molecule has 4 rings (SSSR count). The fourth-order valence-electron chi connectivity index (χ4n) is 3.12. The molecule has 3 aliphatic heterocycles. The largest absolute Gasteiger partial charge is 0.338 e. The molecule has 3 heterocycles. The van der Waals surface area contributed by atoms with Crippen LogP contribution in [0.3, 0.4) is 0 Å². The standard InChI is InChI=1S/C11H18N2O/c14-11-9-4-8(5-9)7-13(11)10-2-1-3-12-6-10/h8-10,12H,1-7H2. The highest BCUT2D eigenvalue weighted by molar-refractivity contribution is 5.81. The average Bonchev–Trinajstić information content (AvgIpc) is 2.17. The Hall–Kier alpha value is -0.570. The molecule has 1 amide bonds. The van der Waals surface area contributed by atoms with E-state index < -0.39 is 0 Å². The van der Waals surface area contributed by atoms with Crippen molar-refractivity contribution in [2.75, 3.05) is 19.6 Å². The lowest BCUT2D eigenvalue weighted by Gasteiger charge is -2.49. The highest BCUT2D eigenvalue weighted by atomic mass is 16.2. The van der Waals surface area contributed by atoms with Gasteiger partial charge in [-0.25, -0.2) is 0 Å². The molecule has 3 nitrogen and oxygen atoms in total. The van der Waals surface area contributed by atoms with Crippen LogP contribution in [0.5, 0.6) is 0 Å². The van der Waals surface area contributed by atoms with Gasteiger partial charge in [0.2, 0.25) is 5.91 Å². The lowest BCUT2D eigenvalue weighted by Crippen LogP contribution is -2.59. The number of hydrogen-bond acceptors (Lipinski definition) is 2.